The molecule has 0 aromatic carbocycles. The van der Waals surface area contributed by atoms with Crippen molar-refractivity contribution in [2.45, 2.75) is 211 Å². The summed E-state index contributed by atoms with van der Waals surface area (Å²) in [5, 5.41) is 28.7. The van der Waals surface area contributed by atoms with Gasteiger partial charge in [0.2, 0.25) is 0 Å². The normalized spacial score (nSPS) is 15.0. The van der Waals surface area contributed by atoms with Gasteiger partial charge in [-0.05, 0) is 38.5 Å². The molecule has 0 bridgehead atoms. The van der Waals surface area contributed by atoms with Gasteiger partial charge in [0.05, 0.1) is 6.61 Å². The van der Waals surface area contributed by atoms with Crippen LogP contribution in [0.4, 0.5) is 0 Å². The van der Waals surface area contributed by atoms with Crippen LogP contribution in [0, 0.1) is 0 Å². The topological polar surface area (TPSA) is 135 Å². The molecule has 0 aliphatic rings. The summed E-state index contributed by atoms with van der Waals surface area (Å²) in [4.78, 5) is 32.9. The third-order valence-corrected chi connectivity index (χ3v) is 10.8. The van der Waals surface area contributed by atoms with E-state index in [-0.39, 0.29) is 12.8 Å². The van der Waals surface area contributed by atoms with Crippen molar-refractivity contribution in [2.24, 2.45) is 0 Å². The average Bonchev–Trinajstić information content (AvgIpc) is 3.01. The Kier molecular flexibility index (Phi) is 28.1. The largest absolute Gasteiger partial charge is 0.393 e. The second kappa shape index (κ2) is 28.5. The summed E-state index contributed by atoms with van der Waals surface area (Å²) in [6, 6.07) is 0. The van der Waals surface area contributed by atoms with Gasteiger partial charge in [-0.15, -0.1) is 0 Å². The van der Waals surface area contributed by atoms with Gasteiger partial charge in [0.1, 0.15) is 5.60 Å². The fourth-order valence-electron chi connectivity index (χ4n) is 6.20. The number of Topliss-reactive ketones (excluding diaryl/α,β-unsaturated/α-hetero) is 1. The molecular weight excluding hydrogens is 587 g/mol. The molecule has 0 rings (SSSR count). The van der Waals surface area contributed by atoms with E-state index < -0.39 is 30.9 Å². The monoisotopic (exact) mass is 661 g/mol. The highest BCUT2D eigenvalue weighted by Crippen LogP contribution is 2.56. The molecule has 7 nitrogen and oxygen atoms in total. The molecule has 45 heavy (non-hydrogen) atoms. The van der Waals surface area contributed by atoms with Crippen LogP contribution in [0.3, 0.4) is 0 Å². The lowest BCUT2D eigenvalue weighted by Gasteiger charge is -2.41. The van der Waals surface area contributed by atoms with E-state index in [1.54, 1.807) is 0 Å². The van der Waals surface area contributed by atoms with E-state index in [0.717, 1.165) is 51.4 Å². The van der Waals surface area contributed by atoms with E-state index in [1.165, 1.54) is 96.3 Å². The molecular formula is C37H73O7P. The number of carbonyl (C=O) groups excluding carboxylic acids is 1. The molecule has 0 saturated carbocycles. The standard InChI is InChI=1S/C37H73O7P/c1-3-5-7-9-11-13-15-17-19-20-22-24-26-28-30-32-35(39)37(41,45(42,43)44)36(40,34-38)33-31-29-27-25-23-21-18-16-14-12-10-8-6-4-2/h17,19,38,40-41H,3-16,18,20-34H2,1-2H3,(H2,42,43,44). The fraction of sp³-hybridized carbons (Fsp3) is 0.919. The summed E-state index contributed by atoms with van der Waals surface area (Å²) in [6.07, 6.45) is 33.8. The lowest BCUT2D eigenvalue weighted by Crippen LogP contribution is -2.61. The lowest BCUT2D eigenvalue weighted by molar-refractivity contribution is -0.167. The first kappa shape index (κ1) is 44.4. The second-order valence-electron chi connectivity index (χ2n) is 13.5. The molecule has 0 aromatic rings. The third-order valence-electron chi connectivity index (χ3n) is 9.33. The molecule has 8 heteroatoms. The highest BCUT2D eigenvalue weighted by atomic mass is 31.2. The number of rotatable bonds is 34. The maximum absolute atomic E-state index is 13.0. The SMILES string of the molecule is CCCCCCCCC=CCCCCCCCC(=O)C(O)(C(O)(CO)CCCCCCCCCCCCCCCC)P(=O)(O)O. The Morgan fingerprint density at radius 1 is 0.556 bits per heavy atom. The number of aliphatic hydroxyl groups excluding tert-OH is 1. The van der Waals surface area contributed by atoms with Gasteiger partial charge in [0.25, 0.3) is 5.34 Å². The maximum atomic E-state index is 13.0. The zero-order valence-electron chi connectivity index (χ0n) is 29.4. The van der Waals surface area contributed by atoms with Gasteiger partial charge in [-0.25, -0.2) is 0 Å². The van der Waals surface area contributed by atoms with Crippen LogP contribution in [0.15, 0.2) is 12.2 Å². The highest BCUT2D eigenvalue weighted by molar-refractivity contribution is 7.54. The van der Waals surface area contributed by atoms with Crippen LogP contribution in [0.1, 0.15) is 200 Å². The number of ketones is 1. The number of hydrogen-bond donors (Lipinski definition) is 5. The maximum Gasteiger partial charge on any atom is 0.367 e. The Balaban J connectivity index is 4.29. The molecule has 0 radical (unpaired) electrons. The van der Waals surface area contributed by atoms with Crippen LogP contribution in [-0.4, -0.2) is 48.4 Å². The molecule has 0 heterocycles. The number of allylic oxidation sites excluding steroid dienone is 2. The predicted octanol–water partition coefficient (Wildman–Crippen LogP) is 10.1. The summed E-state index contributed by atoms with van der Waals surface area (Å²) >= 11 is 0. The molecule has 5 N–H and O–H groups in total. The summed E-state index contributed by atoms with van der Waals surface area (Å²) in [7, 11) is -5.47. The molecule has 0 aromatic heterocycles. The zero-order chi connectivity index (χ0) is 33.7. The Hall–Kier alpha value is -0.560. The fourth-order valence-corrected chi connectivity index (χ4v) is 7.36. The van der Waals surface area contributed by atoms with Crippen LogP contribution in [0.2, 0.25) is 0 Å². The zero-order valence-corrected chi connectivity index (χ0v) is 30.3. The van der Waals surface area contributed by atoms with Crippen LogP contribution >= 0.6 is 7.60 Å². The predicted molar refractivity (Wildman–Crippen MR) is 188 cm³/mol. The third kappa shape index (κ3) is 20.4. The quantitative estimate of drug-likeness (QED) is 0.0263. The van der Waals surface area contributed by atoms with Gasteiger partial charge in [0.15, 0.2) is 5.78 Å². The number of unbranched alkanes of at least 4 members (excludes halogenated alkanes) is 24. The number of carbonyl (C=O) groups is 1. The van der Waals surface area contributed by atoms with Gasteiger partial charge in [-0.3, -0.25) is 9.36 Å². The van der Waals surface area contributed by atoms with Crippen molar-refractivity contribution in [1.29, 1.82) is 0 Å². The summed E-state index contributed by atoms with van der Waals surface area (Å²) in [5.74, 6) is -1.09. The van der Waals surface area contributed by atoms with Crippen molar-refractivity contribution in [3.63, 3.8) is 0 Å². The molecule has 268 valence electrons. The Morgan fingerprint density at radius 3 is 1.24 bits per heavy atom. The first-order valence-corrected chi connectivity index (χ1v) is 20.5. The molecule has 0 spiro atoms. The van der Waals surface area contributed by atoms with Crippen molar-refractivity contribution < 1.29 is 34.5 Å². The lowest BCUT2D eigenvalue weighted by atomic mass is 9.86. The van der Waals surface area contributed by atoms with Gasteiger partial charge < -0.3 is 25.1 Å². The highest BCUT2D eigenvalue weighted by Gasteiger charge is 2.64. The van der Waals surface area contributed by atoms with Gasteiger partial charge in [0, 0.05) is 6.42 Å². The molecule has 0 fully saturated rings. The van der Waals surface area contributed by atoms with Crippen LogP contribution in [-0.2, 0) is 9.36 Å². The summed E-state index contributed by atoms with van der Waals surface area (Å²) in [5.41, 5.74) is -2.58. The van der Waals surface area contributed by atoms with E-state index in [1.807, 2.05) is 0 Å². The van der Waals surface area contributed by atoms with E-state index >= 15 is 0 Å². The minimum absolute atomic E-state index is 0.249. The molecule has 0 amide bonds. The molecule has 0 saturated heterocycles. The van der Waals surface area contributed by atoms with Crippen molar-refractivity contribution in [2.75, 3.05) is 6.61 Å². The van der Waals surface area contributed by atoms with Crippen LogP contribution in [0.25, 0.3) is 0 Å². The molecule has 2 unspecified atom stereocenters. The molecule has 0 aliphatic heterocycles. The van der Waals surface area contributed by atoms with Gasteiger partial charge in [-0.2, -0.15) is 0 Å². The minimum Gasteiger partial charge on any atom is -0.393 e. The van der Waals surface area contributed by atoms with E-state index in [0.29, 0.717) is 25.7 Å². The minimum atomic E-state index is -5.47. The Morgan fingerprint density at radius 2 is 0.889 bits per heavy atom. The molecule has 2 atom stereocenters. The van der Waals surface area contributed by atoms with Crippen molar-refractivity contribution in [3.05, 3.63) is 12.2 Å². The summed E-state index contributed by atoms with van der Waals surface area (Å²) in [6.45, 7) is 3.37. The number of aliphatic hydroxyl groups is 3. The van der Waals surface area contributed by atoms with Crippen molar-refractivity contribution in [1.82, 2.24) is 0 Å². The van der Waals surface area contributed by atoms with E-state index in [4.69, 9.17) is 0 Å². The first-order valence-electron chi connectivity index (χ1n) is 18.9. The smallest absolute Gasteiger partial charge is 0.367 e. The van der Waals surface area contributed by atoms with Crippen LogP contribution in [0.5, 0.6) is 0 Å². The van der Waals surface area contributed by atoms with Crippen molar-refractivity contribution >= 4 is 13.4 Å². The Bertz CT molecular complexity index is 768. The van der Waals surface area contributed by atoms with Gasteiger partial charge in [-0.1, -0.05) is 167 Å². The van der Waals surface area contributed by atoms with Crippen molar-refractivity contribution in [3.8, 4) is 0 Å². The average molecular weight is 661 g/mol. The molecule has 0 aliphatic carbocycles. The number of hydrogen-bond acceptors (Lipinski definition) is 5. The van der Waals surface area contributed by atoms with E-state index in [2.05, 4.69) is 26.0 Å². The summed E-state index contributed by atoms with van der Waals surface area (Å²) < 4.78 is 12.4. The van der Waals surface area contributed by atoms with E-state index in [9.17, 15) is 34.5 Å². The van der Waals surface area contributed by atoms with Crippen LogP contribution < -0.4 is 0 Å². The second-order valence-corrected chi connectivity index (χ2v) is 15.2. The van der Waals surface area contributed by atoms with Gasteiger partial charge >= 0.3 is 7.60 Å². The first-order chi connectivity index (χ1) is 21.6. The Labute approximate surface area is 277 Å².